The molecule has 0 saturated carbocycles. The van der Waals surface area contributed by atoms with Gasteiger partial charge in [0.1, 0.15) is 10.8 Å². The Balaban J connectivity index is 1.32. The summed E-state index contributed by atoms with van der Waals surface area (Å²) in [4.78, 5) is 28.9. The van der Waals surface area contributed by atoms with Crippen molar-refractivity contribution in [3.05, 3.63) is 77.1 Å². The van der Waals surface area contributed by atoms with Gasteiger partial charge in [-0.05, 0) is 23.6 Å². The van der Waals surface area contributed by atoms with Gasteiger partial charge in [0.2, 0.25) is 5.91 Å². The van der Waals surface area contributed by atoms with E-state index in [1.54, 1.807) is 22.7 Å². The summed E-state index contributed by atoms with van der Waals surface area (Å²) in [6.45, 7) is 3.04. The Kier molecular flexibility index (Phi) is 5.78. The number of piperazine rings is 1. The van der Waals surface area contributed by atoms with E-state index >= 15 is 0 Å². The van der Waals surface area contributed by atoms with Crippen molar-refractivity contribution in [3.63, 3.8) is 0 Å². The maximum atomic E-state index is 13.2. The smallest absolute Gasteiger partial charge is 0.228 e. The zero-order valence-electron chi connectivity index (χ0n) is 17.0. The van der Waals surface area contributed by atoms with E-state index in [9.17, 15) is 4.79 Å². The number of thiophene rings is 1. The van der Waals surface area contributed by atoms with Crippen molar-refractivity contribution in [2.45, 2.75) is 6.42 Å². The zero-order valence-corrected chi connectivity index (χ0v) is 18.6. The molecule has 5 nitrogen and oxygen atoms in total. The van der Waals surface area contributed by atoms with Gasteiger partial charge in [-0.2, -0.15) is 0 Å². The molecule has 0 spiro atoms. The molecule has 156 valence electrons. The fourth-order valence-electron chi connectivity index (χ4n) is 3.76. The van der Waals surface area contributed by atoms with Gasteiger partial charge in [0.25, 0.3) is 0 Å². The third kappa shape index (κ3) is 4.38. The van der Waals surface area contributed by atoms with Crippen LogP contribution in [0.25, 0.3) is 21.1 Å². The van der Waals surface area contributed by atoms with Gasteiger partial charge in [-0.25, -0.2) is 9.97 Å². The maximum Gasteiger partial charge on any atom is 0.228 e. The Hall–Kier alpha value is -3.03. The molecule has 31 heavy (non-hydrogen) atoms. The lowest BCUT2D eigenvalue weighted by Crippen LogP contribution is -2.49. The zero-order chi connectivity index (χ0) is 21.0. The monoisotopic (exact) mass is 446 g/mol. The number of carbonyl (C=O) groups excluding carboxylic acids is 1. The van der Waals surface area contributed by atoms with Gasteiger partial charge in [-0.3, -0.25) is 4.79 Å². The Bertz CT molecular complexity index is 1140. The molecule has 1 saturated heterocycles. The van der Waals surface area contributed by atoms with Gasteiger partial charge >= 0.3 is 0 Å². The van der Waals surface area contributed by atoms with E-state index in [4.69, 9.17) is 4.98 Å². The molecule has 0 bridgehead atoms. The third-order valence-electron chi connectivity index (χ3n) is 5.39. The molecule has 0 aliphatic carbocycles. The average molecular weight is 447 g/mol. The Morgan fingerprint density at radius 1 is 0.935 bits per heavy atom. The molecule has 1 fully saturated rings. The van der Waals surface area contributed by atoms with Crippen LogP contribution in [0, 0.1) is 0 Å². The van der Waals surface area contributed by atoms with Crippen LogP contribution in [0.2, 0.25) is 0 Å². The van der Waals surface area contributed by atoms with E-state index in [-0.39, 0.29) is 5.91 Å². The van der Waals surface area contributed by atoms with E-state index in [2.05, 4.69) is 33.5 Å². The predicted octanol–water partition coefficient (Wildman–Crippen LogP) is 4.82. The second-order valence-electron chi connectivity index (χ2n) is 7.37. The molecule has 0 unspecified atom stereocenters. The highest BCUT2D eigenvalue weighted by atomic mass is 32.1. The lowest BCUT2D eigenvalue weighted by atomic mass is 10.2. The van der Waals surface area contributed by atoms with Crippen LogP contribution in [-0.4, -0.2) is 47.0 Å². The Labute approximate surface area is 189 Å². The minimum Gasteiger partial charge on any atom is -0.353 e. The minimum atomic E-state index is 0.168. The Morgan fingerprint density at radius 3 is 2.45 bits per heavy atom. The third-order valence-corrected chi connectivity index (χ3v) is 7.37. The van der Waals surface area contributed by atoms with Crippen molar-refractivity contribution in [1.29, 1.82) is 0 Å². The molecule has 5 rings (SSSR count). The van der Waals surface area contributed by atoms with Crippen LogP contribution in [0.1, 0.15) is 4.88 Å². The first-order chi connectivity index (χ1) is 15.3. The van der Waals surface area contributed by atoms with E-state index < -0.39 is 0 Å². The van der Waals surface area contributed by atoms with Crippen molar-refractivity contribution in [3.8, 4) is 21.1 Å². The number of aromatic nitrogens is 2. The quantitative estimate of drug-likeness (QED) is 0.441. The van der Waals surface area contributed by atoms with Crippen LogP contribution >= 0.6 is 22.7 Å². The fourth-order valence-corrected chi connectivity index (χ4v) is 5.63. The molecule has 1 aliphatic rings. The van der Waals surface area contributed by atoms with E-state index in [1.165, 1.54) is 0 Å². The van der Waals surface area contributed by atoms with Crippen LogP contribution in [0.15, 0.2) is 72.2 Å². The number of carbonyl (C=O) groups is 1. The molecule has 7 heteroatoms. The van der Waals surface area contributed by atoms with E-state index in [0.29, 0.717) is 19.5 Å². The molecular weight excluding hydrogens is 424 g/mol. The maximum absolute atomic E-state index is 13.2. The first-order valence-corrected chi connectivity index (χ1v) is 12.0. The fraction of sp³-hybridized carbons (Fsp3) is 0.208. The van der Waals surface area contributed by atoms with E-state index in [1.807, 2.05) is 53.6 Å². The summed E-state index contributed by atoms with van der Waals surface area (Å²) >= 11 is 3.29. The summed E-state index contributed by atoms with van der Waals surface area (Å²) in [6.07, 6.45) is 2.20. The second-order valence-corrected chi connectivity index (χ2v) is 9.40. The SMILES string of the molecule is O=C(Cc1sc(-c2ccccc2)nc1-c1cccs1)N1CCN(c2ccccn2)CC1. The first-order valence-electron chi connectivity index (χ1n) is 10.3. The summed E-state index contributed by atoms with van der Waals surface area (Å²) in [5, 5.41) is 3.02. The summed E-state index contributed by atoms with van der Waals surface area (Å²) in [7, 11) is 0. The largest absolute Gasteiger partial charge is 0.353 e. The van der Waals surface area contributed by atoms with Crippen LogP contribution in [0.3, 0.4) is 0 Å². The van der Waals surface area contributed by atoms with Gasteiger partial charge < -0.3 is 9.80 Å². The van der Waals surface area contributed by atoms with Crippen molar-refractivity contribution < 1.29 is 4.79 Å². The lowest BCUT2D eigenvalue weighted by molar-refractivity contribution is -0.130. The lowest BCUT2D eigenvalue weighted by Gasteiger charge is -2.35. The Morgan fingerprint density at radius 2 is 1.74 bits per heavy atom. The molecule has 1 amide bonds. The highest BCUT2D eigenvalue weighted by Gasteiger charge is 2.24. The topological polar surface area (TPSA) is 49.3 Å². The number of hydrogen-bond donors (Lipinski definition) is 0. The number of hydrogen-bond acceptors (Lipinski definition) is 6. The van der Waals surface area contributed by atoms with Crippen LogP contribution in [0.5, 0.6) is 0 Å². The number of thiazole rings is 1. The first kappa shape index (κ1) is 19.9. The predicted molar refractivity (Wildman–Crippen MR) is 128 cm³/mol. The number of benzene rings is 1. The summed E-state index contributed by atoms with van der Waals surface area (Å²) in [5.41, 5.74) is 2.03. The summed E-state index contributed by atoms with van der Waals surface area (Å²) in [6, 6.07) is 20.2. The average Bonchev–Trinajstić information content (AvgIpc) is 3.50. The normalized spacial score (nSPS) is 14.1. The second kappa shape index (κ2) is 8.99. The number of pyridine rings is 1. The van der Waals surface area contributed by atoms with Crippen LogP contribution in [-0.2, 0) is 11.2 Å². The minimum absolute atomic E-state index is 0.168. The molecule has 3 aromatic heterocycles. The summed E-state index contributed by atoms with van der Waals surface area (Å²) in [5.74, 6) is 1.14. The number of nitrogens with zero attached hydrogens (tertiary/aromatic N) is 4. The standard InChI is InChI=1S/C24H22N4OS2/c29-22(28-14-12-27(13-15-28)21-10-4-5-11-25-21)17-20-23(19-9-6-16-30-19)26-24(31-20)18-7-2-1-3-8-18/h1-11,16H,12-15,17H2. The van der Waals surface area contributed by atoms with Gasteiger partial charge in [0, 0.05) is 42.8 Å². The number of anilines is 1. The molecule has 0 atom stereocenters. The van der Waals surface area contributed by atoms with Crippen molar-refractivity contribution in [2.24, 2.45) is 0 Å². The number of amides is 1. The van der Waals surface area contributed by atoms with Gasteiger partial charge in [-0.1, -0.05) is 42.5 Å². The molecule has 0 N–H and O–H groups in total. The van der Waals surface area contributed by atoms with Crippen molar-refractivity contribution in [2.75, 3.05) is 31.1 Å². The molecular formula is C24H22N4OS2. The van der Waals surface area contributed by atoms with Gasteiger partial charge in [0.15, 0.2) is 0 Å². The van der Waals surface area contributed by atoms with Crippen LogP contribution < -0.4 is 4.90 Å². The molecule has 1 aliphatic heterocycles. The molecule has 4 aromatic rings. The molecule has 1 aromatic carbocycles. The summed E-state index contributed by atoms with van der Waals surface area (Å²) < 4.78 is 0. The highest BCUT2D eigenvalue weighted by molar-refractivity contribution is 7.17. The number of rotatable bonds is 5. The van der Waals surface area contributed by atoms with E-state index in [0.717, 1.165) is 44.9 Å². The van der Waals surface area contributed by atoms with Gasteiger partial charge in [0.05, 0.1) is 17.0 Å². The van der Waals surface area contributed by atoms with Crippen molar-refractivity contribution >= 4 is 34.4 Å². The molecule has 4 heterocycles. The molecule has 0 radical (unpaired) electrons. The van der Waals surface area contributed by atoms with Crippen molar-refractivity contribution in [1.82, 2.24) is 14.9 Å². The van der Waals surface area contributed by atoms with Crippen LogP contribution in [0.4, 0.5) is 5.82 Å². The van der Waals surface area contributed by atoms with Gasteiger partial charge in [-0.15, -0.1) is 22.7 Å². The highest BCUT2D eigenvalue weighted by Crippen LogP contribution is 2.36.